The number of carbonyl (C=O) groups is 1. The van der Waals surface area contributed by atoms with E-state index < -0.39 is 0 Å². The average molecular weight is 184 g/mol. The van der Waals surface area contributed by atoms with Crippen LogP contribution in [0.15, 0.2) is 16.9 Å². The van der Waals surface area contributed by atoms with Gasteiger partial charge in [-0.15, -0.1) is 0 Å². The second kappa shape index (κ2) is 4.61. The Kier molecular flexibility index (Phi) is 3.45. The molecule has 0 saturated carbocycles. The highest BCUT2D eigenvalue weighted by molar-refractivity contribution is 5.92. The molecule has 1 unspecified atom stereocenters. The second-order valence-electron chi connectivity index (χ2n) is 2.77. The third-order valence-corrected chi connectivity index (χ3v) is 1.61. The third-order valence-electron chi connectivity index (χ3n) is 1.61. The van der Waals surface area contributed by atoms with Gasteiger partial charge in [0.2, 0.25) is 0 Å². The van der Waals surface area contributed by atoms with Crippen molar-refractivity contribution in [2.75, 3.05) is 6.61 Å². The summed E-state index contributed by atoms with van der Waals surface area (Å²) in [5.41, 5.74) is 0.254. The molecule has 0 saturated heterocycles. The molecule has 1 heterocycles. The highest BCUT2D eigenvalue weighted by atomic mass is 16.5. The molecule has 0 spiro atoms. The SMILES string of the molecule is CC(CCO)NC(=O)c1ccon1. The first-order valence-electron chi connectivity index (χ1n) is 4.06. The number of aliphatic hydroxyl groups is 1. The summed E-state index contributed by atoms with van der Waals surface area (Å²) in [5, 5.41) is 14.7. The number of hydrogen-bond acceptors (Lipinski definition) is 4. The van der Waals surface area contributed by atoms with Crippen molar-refractivity contribution in [2.24, 2.45) is 0 Å². The zero-order valence-electron chi connectivity index (χ0n) is 7.36. The Bertz CT molecular complexity index is 258. The van der Waals surface area contributed by atoms with Gasteiger partial charge in [0.1, 0.15) is 6.26 Å². The Labute approximate surface area is 75.7 Å². The van der Waals surface area contributed by atoms with Crippen molar-refractivity contribution in [3.63, 3.8) is 0 Å². The fourth-order valence-electron chi connectivity index (χ4n) is 0.893. The van der Waals surface area contributed by atoms with Gasteiger partial charge in [-0.3, -0.25) is 4.79 Å². The van der Waals surface area contributed by atoms with Crippen LogP contribution in [-0.2, 0) is 0 Å². The van der Waals surface area contributed by atoms with Gasteiger partial charge in [0.05, 0.1) is 0 Å². The van der Waals surface area contributed by atoms with Crippen LogP contribution in [0.25, 0.3) is 0 Å². The highest BCUT2D eigenvalue weighted by Gasteiger charge is 2.11. The molecule has 1 rings (SSSR count). The molecule has 13 heavy (non-hydrogen) atoms. The Hall–Kier alpha value is -1.36. The van der Waals surface area contributed by atoms with Gasteiger partial charge in [0.25, 0.3) is 5.91 Å². The van der Waals surface area contributed by atoms with Crippen molar-refractivity contribution >= 4 is 5.91 Å². The van der Waals surface area contributed by atoms with Crippen LogP contribution in [0.4, 0.5) is 0 Å². The zero-order chi connectivity index (χ0) is 9.68. The van der Waals surface area contributed by atoms with E-state index in [2.05, 4.69) is 15.0 Å². The molecule has 5 nitrogen and oxygen atoms in total. The van der Waals surface area contributed by atoms with Crippen LogP contribution < -0.4 is 5.32 Å². The van der Waals surface area contributed by atoms with Gasteiger partial charge in [-0.1, -0.05) is 5.16 Å². The maximum Gasteiger partial charge on any atom is 0.273 e. The number of aromatic nitrogens is 1. The number of nitrogens with one attached hydrogen (secondary N) is 1. The van der Waals surface area contributed by atoms with Crippen LogP contribution in [0, 0.1) is 0 Å². The molecule has 0 aromatic carbocycles. The zero-order valence-corrected chi connectivity index (χ0v) is 7.36. The quantitative estimate of drug-likeness (QED) is 0.699. The summed E-state index contributed by atoms with van der Waals surface area (Å²) in [7, 11) is 0. The lowest BCUT2D eigenvalue weighted by atomic mass is 10.2. The molecule has 0 fully saturated rings. The summed E-state index contributed by atoms with van der Waals surface area (Å²) in [6.45, 7) is 1.87. The molecule has 0 aliphatic carbocycles. The van der Waals surface area contributed by atoms with Crippen molar-refractivity contribution < 1.29 is 14.4 Å². The van der Waals surface area contributed by atoms with Gasteiger partial charge < -0.3 is 14.9 Å². The molecule has 1 amide bonds. The van der Waals surface area contributed by atoms with Gasteiger partial charge >= 0.3 is 0 Å². The maximum atomic E-state index is 11.3. The van der Waals surface area contributed by atoms with Crippen LogP contribution in [0.3, 0.4) is 0 Å². The van der Waals surface area contributed by atoms with Crippen molar-refractivity contribution in [1.29, 1.82) is 0 Å². The monoisotopic (exact) mass is 184 g/mol. The molecule has 0 aliphatic heterocycles. The Balaban J connectivity index is 2.42. The lowest BCUT2D eigenvalue weighted by Crippen LogP contribution is -2.33. The minimum absolute atomic E-state index is 0.0558. The van der Waals surface area contributed by atoms with Gasteiger partial charge in [-0.05, 0) is 13.3 Å². The maximum absolute atomic E-state index is 11.3. The summed E-state index contributed by atoms with van der Waals surface area (Å²) in [4.78, 5) is 11.3. The standard InChI is InChI=1S/C8H12N2O3/c1-6(2-4-11)9-8(12)7-3-5-13-10-7/h3,5-6,11H,2,4H2,1H3,(H,9,12). The Morgan fingerprint density at radius 2 is 2.62 bits per heavy atom. The minimum Gasteiger partial charge on any atom is -0.396 e. The van der Waals surface area contributed by atoms with E-state index in [4.69, 9.17) is 5.11 Å². The Morgan fingerprint density at radius 3 is 3.15 bits per heavy atom. The molecule has 5 heteroatoms. The number of hydrogen-bond donors (Lipinski definition) is 2. The second-order valence-corrected chi connectivity index (χ2v) is 2.77. The van der Waals surface area contributed by atoms with Gasteiger partial charge in [-0.25, -0.2) is 0 Å². The third kappa shape index (κ3) is 2.87. The summed E-state index contributed by atoms with van der Waals surface area (Å²) < 4.78 is 4.52. The summed E-state index contributed by atoms with van der Waals surface area (Å²) in [6, 6.07) is 1.43. The molecule has 1 aromatic heterocycles. The van der Waals surface area contributed by atoms with E-state index in [1.54, 1.807) is 0 Å². The van der Waals surface area contributed by atoms with Crippen molar-refractivity contribution in [1.82, 2.24) is 10.5 Å². The van der Waals surface area contributed by atoms with Crippen molar-refractivity contribution in [2.45, 2.75) is 19.4 Å². The molecule has 0 bridgehead atoms. The fourth-order valence-corrected chi connectivity index (χ4v) is 0.893. The number of carbonyl (C=O) groups excluding carboxylic acids is 1. The van der Waals surface area contributed by atoms with Crippen LogP contribution in [0.5, 0.6) is 0 Å². The number of rotatable bonds is 4. The van der Waals surface area contributed by atoms with E-state index in [0.717, 1.165) is 0 Å². The number of nitrogens with zero attached hydrogens (tertiary/aromatic N) is 1. The molecule has 1 aromatic rings. The minimum atomic E-state index is -0.283. The van der Waals surface area contributed by atoms with Gasteiger partial charge in [-0.2, -0.15) is 0 Å². The summed E-state index contributed by atoms with van der Waals surface area (Å²) >= 11 is 0. The molecule has 0 aliphatic rings. The normalized spacial score (nSPS) is 12.5. The van der Waals surface area contributed by atoms with Crippen LogP contribution in [0.1, 0.15) is 23.8 Å². The first kappa shape index (κ1) is 9.73. The molecule has 2 N–H and O–H groups in total. The van der Waals surface area contributed by atoms with Gasteiger partial charge in [0.15, 0.2) is 5.69 Å². The summed E-state index contributed by atoms with van der Waals surface area (Å²) in [6.07, 6.45) is 1.87. The predicted octanol–water partition coefficient (Wildman–Crippen LogP) is 0.175. The van der Waals surface area contributed by atoms with Crippen LogP contribution >= 0.6 is 0 Å². The first-order valence-corrected chi connectivity index (χ1v) is 4.06. The topological polar surface area (TPSA) is 75.4 Å². The largest absolute Gasteiger partial charge is 0.396 e. The molecule has 72 valence electrons. The fraction of sp³-hybridized carbons (Fsp3) is 0.500. The number of aliphatic hydroxyl groups excluding tert-OH is 1. The van der Waals surface area contributed by atoms with Crippen molar-refractivity contribution in [3.8, 4) is 0 Å². The van der Waals surface area contributed by atoms with E-state index in [1.807, 2.05) is 6.92 Å². The molecular formula is C8H12N2O3. The number of amides is 1. The van der Waals surface area contributed by atoms with E-state index in [0.29, 0.717) is 6.42 Å². The summed E-state index contributed by atoms with van der Waals surface area (Å²) in [5.74, 6) is -0.283. The van der Waals surface area contributed by atoms with E-state index in [9.17, 15) is 4.79 Å². The Morgan fingerprint density at radius 1 is 1.85 bits per heavy atom. The average Bonchev–Trinajstić information content (AvgIpc) is 2.55. The smallest absolute Gasteiger partial charge is 0.273 e. The predicted molar refractivity (Wildman–Crippen MR) is 45.1 cm³/mol. The first-order chi connectivity index (χ1) is 6.24. The van der Waals surface area contributed by atoms with Crippen LogP contribution in [-0.4, -0.2) is 28.8 Å². The van der Waals surface area contributed by atoms with Gasteiger partial charge in [0, 0.05) is 18.7 Å². The van der Waals surface area contributed by atoms with E-state index >= 15 is 0 Å². The lowest BCUT2D eigenvalue weighted by molar-refractivity contribution is 0.0925. The highest BCUT2D eigenvalue weighted by Crippen LogP contribution is 1.96. The van der Waals surface area contributed by atoms with E-state index in [-0.39, 0.29) is 24.2 Å². The van der Waals surface area contributed by atoms with Crippen LogP contribution in [0.2, 0.25) is 0 Å². The molecule has 0 radical (unpaired) electrons. The molecular weight excluding hydrogens is 172 g/mol. The lowest BCUT2D eigenvalue weighted by Gasteiger charge is -2.10. The van der Waals surface area contributed by atoms with Crippen molar-refractivity contribution in [3.05, 3.63) is 18.0 Å². The van der Waals surface area contributed by atoms with E-state index in [1.165, 1.54) is 12.3 Å². The molecule has 1 atom stereocenters.